The summed E-state index contributed by atoms with van der Waals surface area (Å²) in [5.41, 5.74) is 3.06. The summed E-state index contributed by atoms with van der Waals surface area (Å²) < 4.78 is 22.2. The highest BCUT2D eigenvalue weighted by atomic mass is 16.7. The summed E-state index contributed by atoms with van der Waals surface area (Å²) in [5, 5.41) is 4.46. The van der Waals surface area contributed by atoms with Crippen molar-refractivity contribution in [3.63, 3.8) is 0 Å². The highest BCUT2D eigenvalue weighted by Gasteiger charge is 2.17. The zero-order valence-electron chi connectivity index (χ0n) is 14.2. The van der Waals surface area contributed by atoms with Gasteiger partial charge in [0.15, 0.2) is 17.6 Å². The molecule has 5 nitrogen and oxygen atoms in total. The van der Waals surface area contributed by atoms with Crippen LogP contribution >= 0.6 is 0 Å². The molecule has 0 radical (unpaired) electrons. The quantitative estimate of drug-likeness (QED) is 0.741. The van der Waals surface area contributed by atoms with Crippen LogP contribution in [0.25, 0.3) is 11.0 Å². The first-order valence-electron chi connectivity index (χ1n) is 8.41. The normalized spacial score (nSPS) is 15.1. The first-order chi connectivity index (χ1) is 12.3. The Kier molecular flexibility index (Phi) is 4.70. The third-order valence-electron chi connectivity index (χ3n) is 4.28. The van der Waals surface area contributed by atoms with Crippen LogP contribution in [0, 0.1) is 0 Å². The number of rotatable bonds is 6. The van der Waals surface area contributed by atoms with Crippen LogP contribution in [0.5, 0.6) is 5.75 Å². The van der Waals surface area contributed by atoms with Gasteiger partial charge in [-0.2, -0.15) is 0 Å². The van der Waals surface area contributed by atoms with Crippen molar-refractivity contribution in [3.05, 3.63) is 65.4 Å². The van der Waals surface area contributed by atoms with Crippen LogP contribution in [0.4, 0.5) is 0 Å². The molecule has 5 heteroatoms. The number of para-hydroxylation sites is 1. The van der Waals surface area contributed by atoms with E-state index in [1.807, 2.05) is 24.3 Å². The zero-order chi connectivity index (χ0) is 17.1. The number of benzene rings is 2. The summed E-state index contributed by atoms with van der Waals surface area (Å²) in [6, 6.07) is 16.2. The largest absolute Gasteiger partial charge is 0.493 e. The minimum atomic E-state index is -0.215. The molecule has 0 aliphatic carbocycles. The number of nitrogens with one attached hydrogen (secondary N) is 1. The fourth-order valence-electron chi connectivity index (χ4n) is 3.01. The number of fused-ring (bicyclic) bond motifs is 1. The van der Waals surface area contributed by atoms with E-state index in [2.05, 4.69) is 29.6 Å². The molecule has 1 saturated heterocycles. The fraction of sp³-hybridized carbons (Fsp3) is 0.300. The minimum Gasteiger partial charge on any atom is -0.493 e. The van der Waals surface area contributed by atoms with E-state index in [0.29, 0.717) is 19.8 Å². The molecule has 0 spiro atoms. The van der Waals surface area contributed by atoms with E-state index >= 15 is 0 Å². The van der Waals surface area contributed by atoms with E-state index in [-0.39, 0.29) is 6.29 Å². The molecular weight excluding hydrogens is 318 g/mol. The lowest BCUT2D eigenvalue weighted by atomic mass is 10.1. The summed E-state index contributed by atoms with van der Waals surface area (Å²) in [7, 11) is 1.65. The van der Waals surface area contributed by atoms with Crippen molar-refractivity contribution < 1.29 is 18.6 Å². The van der Waals surface area contributed by atoms with E-state index < -0.39 is 0 Å². The maximum Gasteiger partial charge on any atom is 0.184 e. The Morgan fingerprint density at radius 2 is 1.84 bits per heavy atom. The molecule has 25 heavy (non-hydrogen) atoms. The molecule has 2 aromatic carbocycles. The van der Waals surface area contributed by atoms with Crippen LogP contribution in [0.3, 0.4) is 0 Å². The number of hydrogen-bond donors (Lipinski definition) is 1. The van der Waals surface area contributed by atoms with Crippen LogP contribution < -0.4 is 10.1 Å². The van der Waals surface area contributed by atoms with E-state index in [1.165, 1.54) is 5.56 Å². The van der Waals surface area contributed by atoms with Crippen LogP contribution in [0.15, 0.2) is 52.9 Å². The van der Waals surface area contributed by atoms with Gasteiger partial charge in [0, 0.05) is 17.5 Å². The molecule has 0 unspecified atom stereocenters. The smallest absolute Gasteiger partial charge is 0.184 e. The lowest BCUT2D eigenvalue weighted by Gasteiger charge is -2.10. The second-order valence-corrected chi connectivity index (χ2v) is 6.01. The number of hydrogen-bond acceptors (Lipinski definition) is 5. The number of ether oxygens (including phenoxy) is 3. The summed E-state index contributed by atoms with van der Waals surface area (Å²) in [5.74, 6) is 1.65. The SMILES string of the molecule is COc1cccc2cc(CNCc3ccc(C4OCCO4)cc3)oc12. The molecule has 0 atom stereocenters. The van der Waals surface area contributed by atoms with Crippen molar-refractivity contribution in [1.82, 2.24) is 5.32 Å². The van der Waals surface area contributed by atoms with E-state index in [0.717, 1.165) is 34.6 Å². The lowest BCUT2D eigenvalue weighted by Crippen LogP contribution is -2.12. The van der Waals surface area contributed by atoms with Crippen LogP contribution in [-0.2, 0) is 22.6 Å². The van der Waals surface area contributed by atoms with Crippen LogP contribution in [-0.4, -0.2) is 20.3 Å². The van der Waals surface area contributed by atoms with E-state index in [1.54, 1.807) is 7.11 Å². The molecule has 4 rings (SSSR count). The Morgan fingerprint density at radius 3 is 2.60 bits per heavy atom. The Labute approximate surface area is 146 Å². The molecule has 3 aromatic rings. The second kappa shape index (κ2) is 7.27. The van der Waals surface area contributed by atoms with Crippen LogP contribution in [0.1, 0.15) is 23.2 Å². The molecule has 0 bridgehead atoms. The lowest BCUT2D eigenvalue weighted by molar-refractivity contribution is -0.0441. The third kappa shape index (κ3) is 3.54. The number of furan rings is 1. The predicted octanol–water partition coefficient (Wildman–Crippen LogP) is 3.78. The van der Waals surface area contributed by atoms with Crippen LogP contribution in [0.2, 0.25) is 0 Å². The molecule has 0 saturated carbocycles. The van der Waals surface area contributed by atoms with E-state index in [4.69, 9.17) is 18.6 Å². The number of methoxy groups -OCH3 is 1. The third-order valence-corrected chi connectivity index (χ3v) is 4.28. The maximum absolute atomic E-state index is 5.89. The van der Waals surface area contributed by atoms with Gasteiger partial charge in [0.1, 0.15) is 5.76 Å². The van der Waals surface area contributed by atoms with Crippen molar-refractivity contribution in [1.29, 1.82) is 0 Å². The van der Waals surface area contributed by atoms with Gasteiger partial charge in [0.25, 0.3) is 0 Å². The average Bonchev–Trinajstić information content (AvgIpc) is 3.31. The molecule has 0 amide bonds. The van der Waals surface area contributed by atoms with Crippen molar-refractivity contribution in [3.8, 4) is 5.75 Å². The summed E-state index contributed by atoms with van der Waals surface area (Å²) in [6.07, 6.45) is -0.215. The topological polar surface area (TPSA) is 52.9 Å². The van der Waals surface area contributed by atoms with Gasteiger partial charge in [0.2, 0.25) is 0 Å². The van der Waals surface area contributed by atoms with Gasteiger partial charge >= 0.3 is 0 Å². The summed E-state index contributed by atoms with van der Waals surface area (Å²) in [4.78, 5) is 0. The van der Waals surface area contributed by atoms with Crippen molar-refractivity contribution >= 4 is 11.0 Å². The van der Waals surface area contributed by atoms with Gasteiger partial charge in [-0.05, 0) is 17.7 Å². The fourth-order valence-corrected chi connectivity index (χ4v) is 3.01. The van der Waals surface area contributed by atoms with Crippen molar-refractivity contribution in [2.45, 2.75) is 19.4 Å². The monoisotopic (exact) mass is 339 g/mol. The van der Waals surface area contributed by atoms with E-state index in [9.17, 15) is 0 Å². The molecule has 1 fully saturated rings. The standard InChI is InChI=1S/C20H21NO4/c1-22-18-4-2-3-16-11-17(25-19(16)18)13-21-12-14-5-7-15(8-6-14)20-23-9-10-24-20/h2-8,11,20-21H,9-10,12-13H2,1H3. The zero-order valence-corrected chi connectivity index (χ0v) is 14.2. The minimum absolute atomic E-state index is 0.215. The van der Waals surface area contributed by atoms with Crippen molar-refractivity contribution in [2.24, 2.45) is 0 Å². The molecule has 2 heterocycles. The summed E-state index contributed by atoms with van der Waals surface area (Å²) in [6.45, 7) is 2.75. The average molecular weight is 339 g/mol. The highest BCUT2D eigenvalue weighted by molar-refractivity contribution is 5.83. The first-order valence-corrected chi connectivity index (χ1v) is 8.41. The van der Waals surface area contributed by atoms with Gasteiger partial charge < -0.3 is 23.9 Å². The second-order valence-electron chi connectivity index (χ2n) is 6.01. The predicted molar refractivity (Wildman–Crippen MR) is 94.4 cm³/mol. The van der Waals surface area contributed by atoms with Gasteiger partial charge in [-0.3, -0.25) is 0 Å². The van der Waals surface area contributed by atoms with Gasteiger partial charge in [0.05, 0.1) is 26.9 Å². The Morgan fingerprint density at radius 1 is 1.04 bits per heavy atom. The van der Waals surface area contributed by atoms with Gasteiger partial charge in [-0.15, -0.1) is 0 Å². The Balaban J connectivity index is 1.36. The van der Waals surface area contributed by atoms with Gasteiger partial charge in [-0.1, -0.05) is 36.4 Å². The molecule has 1 N–H and O–H groups in total. The molecule has 1 aliphatic heterocycles. The molecule has 130 valence electrons. The molecular formula is C20H21NO4. The summed E-state index contributed by atoms with van der Waals surface area (Å²) >= 11 is 0. The Hall–Kier alpha value is -2.34. The maximum atomic E-state index is 5.89. The first kappa shape index (κ1) is 16.1. The Bertz CT molecular complexity index is 835. The van der Waals surface area contributed by atoms with Crippen molar-refractivity contribution in [2.75, 3.05) is 20.3 Å². The van der Waals surface area contributed by atoms with Gasteiger partial charge in [-0.25, -0.2) is 0 Å². The molecule has 1 aromatic heterocycles. The highest BCUT2D eigenvalue weighted by Crippen LogP contribution is 2.28. The molecule has 1 aliphatic rings.